The Morgan fingerprint density at radius 3 is 2.78 bits per heavy atom. The number of halogens is 2. The SMILES string of the molecule is CCCC[C@H](F)[C@H](O)CC[C@@H]1C(C2(F)O/C2=C/CCCC(=O)O)CC[C@H]1O. The van der Waals surface area contributed by atoms with E-state index >= 15 is 4.39 Å². The molecule has 1 saturated heterocycles. The number of unbranched alkanes of at least 4 members (excludes halogenated alkanes) is 2. The number of carboxylic acid groups (broad SMARTS) is 1. The van der Waals surface area contributed by atoms with Crippen molar-refractivity contribution in [3.8, 4) is 0 Å². The zero-order chi connectivity index (χ0) is 20.0. The molecule has 2 fully saturated rings. The molecule has 0 amide bonds. The number of hydrogen-bond donors (Lipinski definition) is 3. The van der Waals surface area contributed by atoms with Crippen LogP contribution in [0.4, 0.5) is 8.78 Å². The van der Waals surface area contributed by atoms with Crippen LogP contribution in [-0.2, 0) is 9.53 Å². The molecule has 2 unspecified atom stereocenters. The van der Waals surface area contributed by atoms with Crippen LogP contribution in [0.25, 0.3) is 0 Å². The van der Waals surface area contributed by atoms with Crippen molar-refractivity contribution in [3.63, 3.8) is 0 Å². The minimum Gasteiger partial charge on any atom is -0.481 e. The third kappa shape index (κ3) is 5.88. The Morgan fingerprint density at radius 1 is 1.37 bits per heavy atom. The summed E-state index contributed by atoms with van der Waals surface area (Å²) in [5.41, 5.74) is 0. The third-order valence-electron chi connectivity index (χ3n) is 5.79. The number of alkyl halides is 2. The smallest absolute Gasteiger partial charge is 0.308 e. The maximum absolute atomic E-state index is 15.1. The molecule has 0 bridgehead atoms. The molecule has 1 aliphatic carbocycles. The van der Waals surface area contributed by atoms with E-state index in [1.54, 1.807) is 6.08 Å². The van der Waals surface area contributed by atoms with Crippen molar-refractivity contribution in [3.05, 3.63) is 11.8 Å². The fourth-order valence-corrected chi connectivity index (χ4v) is 4.10. The Labute approximate surface area is 159 Å². The number of ether oxygens (including phenoxy) is 1. The number of allylic oxidation sites excluding steroid dienone is 1. The molecule has 2 aliphatic rings. The number of hydrogen-bond acceptors (Lipinski definition) is 4. The predicted octanol–water partition coefficient (Wildman–Crippen LogP) is 3.88. The zero-order valence-electron chi connectivity index (χ0n) is 15.9. The highest BCUT2D eigenvalue weighted by Gasteiger charge is 2.63. The standard InChI is InChI=1S/C20H32F2O5/c1-2-3-6-15(21)17(24)11-9-13-14(10-12-16(13)23)20(22)18(27-20)7-4-5-8-19(25)26/h7,13-17,23-24H,2-6,8-12H2,1H3,(H,25,26)/b18-7+/t13-,14?,15+,16-,17-,20?/m1/s1. The number of rotatable bonds is 12. The van der Waals surface area contributed by atoms with E-state index in [9.17, 15) is 19.4 Å². The molecule has 3 N–H and O–H groups in total. The van der Waals surface area contributed by atoms with Gasteiger partial charge in [-0.1, -0.05) is 19.8 Å². The first-order valence-electron chi connectivity index (χ1n) is 10.1. The second-order valence-electron chi connectivity index (χ2n) is 7.82. The van der Waals surface area contributed by atoms with Gasteiger partial charge in [0.25, 0.3) is 0 Å². The lowest BCUT2D eigenvalue weighted by atomic mass is 9.85. The molecule has 1 aliphatic heterocycles. The zero-order valence-corrected chi connectivity index (χ0v) is 15.9. The predicted molar refractivity (Wildman–Crippen MR) is 96.4 cm³/mol. The molecule has 6 atom stereocenters. The molecule has 1 saturated carbocycles. The summed E-state index contributed by atoms with van der Waals surface area (Å²) in [6.45, 7) is 1.96. The number of aliphatic hydroxyl groups is 2. The van der Waals surface area contributed by atoms with Gasteiger partial charge >= 0.3 is 11.8 Å². The van der Waals surface area contributed by atoms with Crippen molar-refractivity contribution >= 4 is 5.97 Å². The van der Waals surface area contributed by atoms with E-state index in [0.717, 1.165) is 6.42 Å². The van der Waals surface area contributed by atoms with Gasteiger partial charge in [-0.15, -0.1) is 0 Å². The average molecular weight is 390 g/mol. The van der Waals surface area contributed by atoms with Crippen molar-refractivity contribution in [2.24, 2.45) is 11.8 Å². The highest BCUT2D eigenvalue weighted by molar-refractivity contribution is 5.66. The molecule has 7 heteroatoms. The molecule has 156 valence electrons. The van der Waals surface area contributed by atoms with Crippen LogP contribution in [0, 0.1) is 11.8 Å². The van der Waals surface area contributed by atoms with Crippen molar-refractivity contribution in [1.82, 2.24) is 0 Å². The van der Waals surface area contributed by atoms with E-state index in [-0.39, 0.29) is 24.5 Å². The Bertz CT molecular complexity index is 527. The highest BCUT2D eigenvalue weighted by Crippen LogP contribution is 2.57. The van der Waals surface area contributed by atoms with Gasteiger partial charge in [-0.2, -0.15) is 4.39 Å². The van der Waals surface area contributed by atoms with Gasteiger partial charge in [-0.05, 0) is 56.9 Å². The number of aliphatic hydroxyl groups excluding tert-OH is 2. The maximum Gasteiger partial charge on any atom is 0.308 e. The normalized spacial score (nSPS) is 33.7. The number of carbonyl (C=O) groups is 1. The lowest BCUT2D eigenvalue weighted by Crippen LogP contribution is -2.30. The van der Waals surface area contributed by atoms with Gasteiger partial charge in [0.1, 0.15) is 6.17 Å². The lowest BCUT2D eigenvalue weighted by molar-refractivity contribution is -0.137. The minimum absolute atomic E-state index is 0.0220. The van der Waals surface area contributed by atoms with Gasteiger partial charge in [-0.3, -0.25) is 4.79 Å². The van der Waals surface area contributed by atoms with Gasteiger partial charge in [-0.25, -0.2) is 4.39 Å². The largest absolute Gasteiger partial charge is 0.481 e. The molecule has 2 rings (SSSR count). The van der Waals surface area contributed by atoms with Crippen LogP contribution in [0.5, 0.6) is 0 Å². The summed E-state index contributed by atoms with van der Waals surface area (Å²) in [6, 6.07) is 0. The Balaban J connectivity index is 1.86. The second-order valence-corrected chi connectivity index (χ2v) is 7.82. The van der Waals surface area contributed by atoms with Crippen molar-refractivity contribution in [2.45, 2.75) is 95.4 Å². The van der Waals surface area contributed by atoms with E-state index in [1.807, 2.05) is 6.92 Å². The van der Waals surface area contributed by atoms with Crippen molar-refractivity contribution in [2.75, 3.05) is 0 Å². The Morgan fingerprint density at radius 2 is 2.11 bits per heavy atom. The van der Waals surface area contributed by atoms with Gasteiger partial charge in [0.2, 0.25) is 0 Å². The number of aliphatic carboxylic acids is 1. The van der Waals surface area contributed by atoms with Crippen LogP contribution in [-0.4, -0.2) is 45.5 Å². The first-order chi connectivity index (χ1) is 12.8. The summed E-state index contributed by atoms with van der Waals surface area (Å²) >= 11 is 0. The molecule has 5 nitrogen and oxygen atoms in total. The van der Waals surface area contributed by atoms with Gasteiger partial charge in [0.05, 0.1) is 12.2 Å². The van der Waals surface area contributed by atoms with Gasteiger partial charge in [0.15, 0.2) is 5.76 Å². The van der Waals surface area contributed by atoms with E-state index in [2.05, 4.69) is 0 Å². The van der Waals surface area contributed by atoms with Crippen LogP contribution < -0.4 is 0 Å². The first kappa shape index (κ1) is 22.1. The highest BCUT2D eigenvalue weighted by atomic mass is 19.2. The summed E-state index contributed by atoms with van der Waals surface area (Å²) in [5.74, 6) is -3.48. The molecular weight excluding hydrogens is 358 g/mol. The molecular formula is C20H32F2O5. The van der Waals surface area contributed by atoms with Crippen LogP contribution in [0.1, 0.15) is 71.1 Å². The monoisotopic (exact) mass is 390 g/mol. The topological polar surface area (TPSA) is 90.3 Å². The minimum atomic E-state index is -1.91. The maximum atomic E-state index is 15.1. The Kier molecular flexibility index (Phi) is 8.04. The fourth-order valence-electron chi connectivity index (χ4n) is 4.10. The van der Waals surface area contributed by atoms with Crippen LogP contribution in [0.15, 0.2) is 11.8 Å². The van der Waals surface area contributed by atoms with Crippen LogP contribution in [0.3, 0.4) is 0 Å². The quantitative estimate of drug-likeness (QED) is 0.348. The van der Waals surface area contributed by atoms with Crippen molar-refractivity contribution < 1.29 is 33.6 Å². The van der Waals surface area contributed by atoms with Gasteiger partial charge in [0, 0.05) is 12.3 Å². The van der Waals surface area contributed by atoms with Crippen LogP contribution in [0.2, 0.25) is 0 Å². The van der Waals surface area contributed by atoms with Gasteiger partial charge < -0.3 is 20.1 Å². The third-order valence-corrected chi connectivity index (χ3v) is 5.79. The molecule has 1 heterocycles. The summed E-state index contributed by atoms with van der Waals surface area (Å²) in [7, 11) is 0. The van der Waals surface area contributed by atoms with E-state index in [4.69, 9.17) is 9.84 Å². The van der Waals surface area contributed by atoms with E-state index in [0.29, 0.717) is 44.9 Å². The summed E-state index contributed by atoms with van der Waals surface area (Å²) in [5, 5.41) is 28.8. The summed E-state index contributed by atoms with van der Waals surface area (Å²) in [4.78, 5) is 10.5. The fraction of sp³-hybridized carbons (Fsp3) is 0.850. The molecule has 0 spiro atoms. The van der Waals surface area contributed by atoms with Crippen molar-refractivity contribution in [1.29, 1.82) is 0 Å². The molecule has 27 heavy (non-hydrogen) atoms. The van der Waals surface area contributed by atoms with E-state index in [1.165, 1.54) is 0 Å². The number of epoxide rings is 1. The molecule has 0 aromatic rings. The van der Waals surface area contributed by atoms with Crippen LogP contribution >= 0.6 is 0 Å². The summed E-state index contributed by atoms with van der Waals surface area (Å²) < 4.78 is 34.2. The average Bonchev–Trinajstić information content (AvgIpc) is 3.13. The lowest BCUT2D eigenvalue weighted by Gasteiger charge is -2.24. The molecule has 0 aromatic carbocycles. The van der Waals surface area contributed by atoms with E-state index < -0.39 is 36.1 Å². The molecule has 0 radical (unpaired) electrons. The number of carboxylic acids is 1. The molecule has 0 aromatic heterocycles. The first-order valence-corrected chi connectivity index (χ1v) is 10.1. The summed E-state index contributed by atoms with van der Waals surface area (Å²) in [6.07, 6.45) is 2.74. The second kappa shape index (κ2) is 9.82. The Hall–Kier alpha value is -1.21.